The minimum atomic E-state index is -1.59. The number of amides is 1. The summed E-state index contributed by atoms with van der Waals surface area (Å²) in [6.07, 6.45) is -5.32. The molecule has 0 radical (unpaired) electrons. The third-order valence-corrected chi connectivity index (χ3v) is 5.69. The SMILES string of the molecule is CN[C@H](C(=O)C[C@@H](CCCCNC(=O)[C@H]1O[C@@H](OC)[C@H](O)[C@@H](O)[C@@H]1O)C(C)=O)C(C)C. The topological polar surface area (TPSA) is 154 Å². The van der Waals surface area contributed by atoms with E-state index in [1.807, 2.05) is 13.8 Å². The minimum Gasteiger partial charge on any atom is -0.387 e. The molecule has 10 heteroatoms. The molecule has 0 bridgehead atoms. The van der Waals surface area contributed by atoms with Crippen molar-refractivity contribution in [1.82, 2.24) is 10.6 Å². The molecule has 0 spiro atoms. The van der Waals surface area contributed by atoms with Crippen LogP contribution in [0.25, 0.3) is 0 Å². The van der Waals surface area contributed by atoms with E-state index in [0.29, 0.717) is 19.3 Å². The van der Waals surface area contributed by atoms with Crippen molar-refractivity contribution in [2.24, 2.45) is 11.8 Å². The fraction of sp³-hybridized carbons (Fsp3) is 0.857. The molecular formula is C21H38N2O8. The summed E-state index contributed by atoms with van der Waals surface area (Å²) in [5, 5.41) is 35.2. The van der Waals surface area contributed by atoms with E-state index in [1.54, 1.807) is 7.05 Å². The van der Waals surface area contributed by atoms with Crippen molar-refractivity contribution in [1.29, 1.82) is 0 Å². The van der Waals surface area contributed by atoms with Crippen molar-refractivity contribution >= 4 is 17.5 Å². The summed E-state index contributed by atoms with van der Waals surface area (Å²) in [7, 11) is 2.99. The zero-order chi connectivity index (χ0) is 23.7. The van der Waals surface area contributed by atoms with E-state index >= 15 is 0 Å². The van der Waals surface area contributed by atoms with Crippen LogP contribution in [0, 0.1) is 11.8 Å². The molecule has 5 N–H and O–H groups in total. The number of hydrogen-bond donors (Lipinski definition) is 5. The number of aliphatic hydroxyl groups excluding tert-OH is 3. The highest BCUT2D eigenvalue weighted by Crippen LogP contribution is 2.22. The Kier molecular flexibility index (Phi) is 11.7. The van der Waals surface area contributed by atoms with E-state index in [-0.39, 0.29) is 42.4 Å². The Morgan fingerprint density at radius 2 is 1.71 bits per heavy atom. The van der Waals surface area contributed by atoms with Crippen molar-refractivity contribution in [2.45, 2.75) is 83.2 Å². The van der Waals surface area contributed by atoms with Gasteiger partial charge in [-0.2, -0.15) is 0 Å². The predicted octanol–water partition coefficient (Wildman–Crippen LogP) is -0.865. The number of ketones is 2. The van der Waals surface area contributed by atoms with Crippen molar-refractivity contribution < 1.29 is 39.2 Å². The molecule has 1 rings (SSSR count). The summed E-state index contributed by atoms with van der Waals surface area (Å²) in [6, 6.07) is -0.284. The molecule has 1 amide bonds. The number of methoxy groups -OCH3 is 1. The van der Waals surface area contributed by atoms with E-state index in [1.165, 1.54) is 14.0 Å². The van der Waals surface area contributed by atoms with Crippen LogP contribution >= 0.6 is 0 Å². The van der Waals surface area contributed by atoms with Gasteiger partial charge in [-0.05, 0) is 32.7 Å². The number of likely N-dealkylation sites (N-methyl/N-ethyl adjacent to an activating group) is 1. The lowest BCUT2D eigenvalue weighted by molar-refractivity contribution is -0.283. The molecule has 1 saturated heterocycles. The molecule has 180 valence electrons. The second-order valence-electron chi connectivity index (χ2n) is 8.41. The van der Waals surface area contributed by atoms with Gasteiger partial charge in [0.1, 0.15) is 24.1 Å². The van der Waals surface area contributed by atoms with Crippen LogP contribution in [0.2, 0.25) is 0 Å². The number of nitrogens with one attached hydrogen (secondary N) is 2. The highest BCUT2D eigenvalue weighted by atomic mass is 16.7. The zero-order valence-corrected chi connectivity index (χ0v) is 19.0. The fourth-order valence-corrected chi connectivity index (χ4v) is 3.77. The van der Waals surface area contributed by atoms with E-state index in [0.717, 1.165) is 0 Å². The van der Waals surface area contributed by atoms with Gasteiger partial charge in [-0.1, -0.05) is 20.3 Å². The molecule has 7 atom stereocenters. The van der Waals surface area contributed by atoms with E-state index in [9.17, 15) is 29.7 Å². The fourth-order valence-electron chi connectivity index (χ4n) is 3.77. The lowest BCUT2D eigenvalue weighted by Crippen LogP contribution is -2.61. The Morgan fingerprint density at radius 3 is 2.23 bits per heavy atom. The molecule has 0 aromatic heterocycles. The molecular weight excluding hydrogens is 408 g/mol. The molecule has 0 aromatic carbocycles. The maximum atomic E-state index is 12.5. The number of aliphatic hydroxyl groups is 3. The number of hydrogen-bond acceptors (Lipinski definition) is 9. The van der Waals surface area contributed by atoms with Gasteiger partial charge in [0.15, 0.2) is 18.2 Å². The van der Waals surface area contributed by atoms with Gasteiger partial charge in [0.2, 0.25) is 0 Å². The van der Waals surface area contributed by atoms with Gasteiger partial charge in [-0.25, -0.2) is 0 Å². The highest BCUT2D eigenvalue weighted by molar-refractivity contribution is 5.89. The summed E-state index contributed by atoms with van der Waals surface area (Å²) in [4.78, 5) is 36.7. The zero-order valence-electron chi connectivity index (χ0n) is 19.0. The van der Waals surface area contributed by atoms with Crippen molar-refractivity contribution in [3.63, 3.8) is 0 Å². The van der Waals surface area contributed by atoms with Crippen LogP contribution in [-0.2, 0) is 23.9 Å². The predicted molar refractivity (Wildman–Crippen MR) is 112 cm³/mol. The van der Waals surface area contributed by atoms with E-state index in [2.05, 4.69) is 10.6 Å². The molecule has 0 aromatic rings. The van der Waals surface area contributed by atoms with E-state index in [4.69, 9.17) is 9.47 Å². The van der Waals surface area contributed by atoms with Gasteiger partial charge in [-0.15, -0.1) is 0 Å². The quantitative estimate of drug-likeness (QED) is 0.227. The highest BCUT2D eigenvalue weighted by Gasteiger charge is 2.46. The maximum Gasteiger partial charge on any atom is 0.252 e. The van der Waals surface area contributed by atoms with Crippen LogP contribution in [0.3, 0.4) is 0 Å². The monoisotopic (exact) mass is 446 g/mol. The summed E-state index contributed by atoms with van der Waals surface area (Å²) in [5.74, 6) is -0.876. The molecule has 0 saturated carbocycles. The van der Waals surface area contributed by atoms with Crippen LogP contribution in [0.15, 0.2) is 0 Å². The third-order valence-electron chi connectivity index (χ3n) is 5.69. The standard InChI is InChI=1S/C21H38N2O8/c1-11(2)15(22-4)14(25)10-13(12(3)24)8-6-7-9-23-20(29)19-17(27)16(26)18(28)21(30-5)31-19/h11,13,15-19,21-22,26-28H,6-10H2,1-5H3,(H,23,29)/t13-,15+,16+,17+,18-,19+,21-/m1/s1. The number of carbonyl (C=O) groups is 3. The third kappa shape index (κ3) is 7.89. The second kappa shape index (κ2) is 13.2. The van der Waals surface area contributed by atoms with Gasteiger partial charge in [-0.3, -0.25) is 14.4 Å². The minimum absolute atomic E-state index is 0.0166. The summed E-state index contributed by atoms with van der Waals surface area (Å²) in [6.45, 7) is 5.65. The lowest BCUT2D eigenvalue weighted by atomic mass is 9.88. The number of Topliss-reactive ketones (excluding diaryl/α,β-unsaturated/α-hetero) is 2. The van der Waals surface area contributed by atoms with Crippen molar-refractivity contribution in [3.8, 4) is 0 Å². The number of unbranched alkanes of at least 4 members (excludes halogenated alkanes) is 1. The second-order valence-corrected chi connectivity index (χ2v) is 8.41. The number of carbonyl (C=O) groups excluding carboxylic acids is 3. The van der Waals surface area contributed by atoms with Crippen molar-refractivity contribution in [2.75, 3.05) is 20.7 Å². The molecule has 1 aliphatic heterocycles. The van der Waals surface area contributed by atoms with Crippen molar-refractivity contribution in [3.05, 3.63) is 0 Å². The molecule has 1 heterocycles. The smallest absolute Gasteiger partial charge is 0.252 e. The Hall–Kier alpha value is -1.43. The summed E-state index contributed by atoms with van der Waals surface area (Å²) < 4.78 is 10.1. The van der Waals surface area contributed by atoms with Crippen LogP contribution in [0.4, 0.5) is 0 Å². The normalized spacial score (nSPS) is 28.2. The Bertz CT molecular complexity index is 598. The van der Waals surface area contributed by atoms with Gasteiger partial charge in [0, 0.05) is 26.0 Å². The molecule has 0 unspecified atom stereocenters. The first-order valence-electron chi connectivity index (χ1n) is 10.8. The average Bonchev–Trinajstić information content (AvgIpc) is 2.71. The maximum absolute atomic E-state index is 12.5. The van der Waals surface area contributed by atoms with Crippen LogP contribution in [0.5, 0.6) is 0 Å². The van der Waals surface area contributed by atoms with Gasteiger partial charge >= 0.3 is 0 Å². The Morgan fingerprint density at radius 1 is 1.06 bits per heavy atom. The van der Waals surface area contributed by atoms with Gasteiger partial charge < -0.3 is 35.4 Å². The lowest BCUT2D eigenvalue weighted by Gasteiger charge is -2.38. The first-order chi connectivity index (χ1) is 14.5. The first kappa shape index (κ1) is 27.6. The average molecular weight is 447 g/mol. The summed E-state index contributed by atoms with van der Waals surface area (Å²) in [5.41, 5.74) is 0. The van der Waals surface area contributed by atoms with Crippen LogP contribution in [-0.4, -0.2) is 90.2 Å². The van der Waals surface area contributed by atoms with Gasteiger partial charge in [0.25, 0.3) is 5.91 Å². The van der Waals surface area contributed by atoms with Gasteiger partial charge in [0.05, 0.1) is 6.04 Å². The summed E-state index contributed by atoms with van der Waals surface area (Å²) >= 11 is 0. The first-order valence-corrected chi connectivity index (χ1v) is 10.8. The number of rotatable bonds is 13. The molecule has 31 heavy (non-hydrogen) atoms. The van der Waals surface area contributed by atoms with Crippen LogP contribution in [0.1, 0.15) is 46.5 Å². The molecule has 1 aliphatic rings. The van der Waals surface area contributed by atoms with Crippen LogP contribution < -0.4 is 10.6 Å². The Labute approximate surface area is 183 Å². The van der Waals surface area contributed by atoms with E-state index < -0.39 is 36.6 Å². The largest absolute Gasteiger partial charge is 0.387 e. The number of ether oxygens (including phenoxy) is 2. The molecule has 0 aliphatic carbocycles. The molecule has 10 nitrogen and oxygen atoms in total. The Balaban J connectivity index is 2.46. The molecule has 1 fully saturated rings.